The van der Waals surface area contributed by atoms with Gasteiger partial charge >= 0.3 is 0 Å². The second-order valence-electron chi connectivity index (χ2n) is 5.63. The molecule has 1 aromatic carbocycles. The molecule has 1 aromatic heterocycles. The van der Waals surface area contributed by atoms with Crippen molar-refractivity contribution in [1.82, 2.24) is 25.5 Å². The number of Topliss-reactive ketones (excluding diaryl/α,β-unsaturated/α-hetero) is 1. The number of tetrazole rings is 1. The van der Waals surface area contributed by atoms with Crippen molar-refractivity contribution in [3.63, 3.8) is 0 Å². The lowest BCUT2D eigenvalue weighted by molar-refractivity contribution is -0.119. The number of benzene rings is 1. The van der Waals surface area contributed by atoms with Crippen LogP contribution in [0.15, 0.2) is 29.4 Å². The number of carbonyl (C=O) groups is 2. The maximum Gasteiger partial charge on any atom is 0.217 e. The molecular formula is C16H21N5O2S. The Morgan fingerprint density at radius 1 is 1.29 bits per heavy atom. The molecule has 0 aliphatic rings. The number of nitrogens with zero attached hydrogens (tertiary/aromatic N) is 4. The molecule has 2 aromatic rings. The minimum Gasteiger partial charge on any atom is -0.354 e. The summed E-state index contributed by atoms with van der Waals surface area (Å²) in [7, 11) is 1.74. The smallest absolute Gasteiger partial charge is 0.217 e. The van der Waals surface area contributed by atoms with Crippen molar-refractivity contribution < 1.29 is 9.59 Å². The SMILES string of the molecule is CC(=O)N[C@@H](C)CCc1ccc(C(=O)CSc2nnnn2C)cc1. The number of ketones is 1. The van der Waals surface area contributed by atoms with Gasteiger partial charge in [0.2, 0.25) is 11.1 Å². The molecule has 0 bridgehead atoms. The van der Waals surface area contributed by atoms with Gasteiger partial charge in [-0.15, -0.1) is 5.10 Å². The van der Waals surface area contributed by atoms with E-state index in [2.05, 4.69) is 20.8 Å². The first-order chi connectivity index (χ1) is 11.5. The van der Waals surface area contributed by atoms with Gasteiger partial charge < -0.3 is 5.32 Å². The van der Waals surface area contributed by atoms with Crippen LogP contribution in [0.5, 0.6) is 0 Å². The first kappa shape index (κ1) is 18.1. The Morgan fingerprint density at radius 2 is 2.00 bits per heavy atom. The van der Waals surface area contributed by atoms with E-state index < -0.39 is 0 Å². The molecule has 7 nitrogen and oxygen atoms in total. The normalized spacial score (nSPS) is 12.0. The van der Waals surface area contributed by atoms with Gasteiger partial charge in [0.15, 0.2) is 5.78 Å². The zero-order valence-electron chi connectivity index (χ0n) is 14.0. The van der Waals surface area contributed by atoms with Crippen molar-refractivity contribution in [3.05, 3.63) is 35.4 Å². The Labute approximate surface area is 145 Å². The molecule has 0 saturated heterocycles. The molecule has 0 aliphatic carbocycles. The van der Waals surface area contributed by atoms with Crippen molar-refractivity contribution in [3.8, 4) is 0 Å². The van der Waals surface area contributed by atoms with Gasteiger partial charge in [0, 0.05) is 25.6 Å². The van der Waals surface area contributed by atoms with Gasteiger partial charge in [-0.05, 0) is 35.8 Å². The highest BCUT2D eigenvalue weighted by Crippen LogP contribution is 2.16. The Balaban J connectivity index is 1.83. The fourth-order valence-corrected chi connectivity index (χ4v) is 2.96. The maximum atomic E-state index is 12.2. The van der Waals surface area contributed by atoms with Gasteiger partial charge in [0.1, 0.15) is 0 Å². The highest BCUT2D eigenvalue weighted by atomic mass is 32.2. The van der Waals surface area contributed by atoms with Crippen molar-refractivity contribution >= 4 is 23.5 Å². The molecule has 0 unspecified atom stereocenters. The van der Waals surface area contributed by atoms with Crippen LogP contribution in [-0.2, 0) is 18.3 Å². The van der Waals surface area contributed by atoms with Gasteiger partial charge in [-0.2, -0.15) is 0 Å². The number of thioether (sulfide) groups is 1. The van der Waals surface area contributed by atoms with E-state index in [9.17, 15) is 9.59 Å². The minimum absolute atomic E-state index is 0.0148. The molecule has 1 amide bonds. The molecule has 8 heteroatoms. The van der Waals surface area contributed by atoms with Crippen molar-refractivity contribution in [2.24, 2.45) is 7.05 Å². The largest absolute Gasteiger partial charge is 0.354 e. The summed E-state index contributed by atoms with van der Waals surface area (Å²) in [6.45, 7) is 3.50. The molecule has 1 atom stereocenters. The van der Waals surface area contributed by atoms with Gasteiger partial charge in [-0.1, -0.05) is 36.0 Å². The molecule has 24 heavy (non-hydrogen) atoms. The summed E-state index contributed by atoms with van der Waals surface area (Å²) >= 11 is 1.32. The van der Waals surface area contributed by atoms with E-state index in [-0.39, 0.29) is 17.7 Å². The summed E-state index contributed by atoms with van der Waals surface area (Å²) in [4.78, 5) is 23.2. The summed E-state index contributed by atoms with van der Waals surface area (Å²) in [5, 5.41) is 14.6. The Morgan fingerprint density at radius 3 is 2.58 bits per heavy atom. The Hall–Kier alpha value is -2.22. The third-order valence-electron chi connectivity index (χ3n) is 3.51. The monoisotopic (exact) mass is 347 g/mol. The molecule has 0 radical (unpaired) electrons. The van der Waals surface area contributed by atoms with E-state index in [4.69, 9.17) is 0 Å². The van der Waals surface area contributed by atoms with E-state index in [0.29, 0.717) is 16.5 Å². The van der Waals surface area contributed by atoms with Crippen LogP contribution in [0.4, 0.5) is 0 Å². The molecule has 0 aliphatic heterocycles. The summed E-state index contributed by atoms with van der Waals surface area (Å²) in [6, 6.07) is 7.75. The molecule has 0 fully saturated rings. The fourth-order valence-electron chi connectivity index (χ4n) is 2.22. The third-order valence-corrected chi connectivity index (χ3v) is 4.52. The predicted octanol–water partition coefficient (Wildman–Crippen LogP) is 1.64. The second kappa shape index (κ2) is 8.58. The van der Waals surface area contributed by atoms with Crippen LogP contribution >= 0.6 is 11.8 Å². The fraction of sp³-hybridized carbons (Fsp3) is 0.438. The molecule has 1 N–H and O–H groups in total. The van der Waals surface area contributed by atoms with Crippen LogP contribution in [0.2, 0.25) is 0 Å². The van der Waals surface area contributed by atoms with Crippen molar-refractivity contribution in [1.29, 1.82) is 0 Å². The molecule has 2 rings (SSSR count). The van der Waals surface area contributed by atoms with Crippen molar-refractivity contribution in [2.75, 3.05) is 5.75 Å². The Bertz CT molecular complexity index is 699. The van der Waals surface area contributed by atoms with Gasteiger partial charge in [-0.25, -0.2) is 4.68 Å². The number of nitrogens with one attached hydrogen (secondary N) is 1. The standard InChI is InChI=1S/C16H21N5O2S/c1-11(17-12(2)22)4-5-13-6-8-14(9-7-13)15(23)10-24-16-18-19-20-21(16)3/h6-9,11H,4-5,10H2,1-3H3,(H,17,22)/t11-/m0/s1. The zero-order valence-corrected chi connectivity index (χ0v) is 14.8. The first-order valence-corrected chi connectivity index (χ1v) is 8.68. The molecular weight excluding hydrogens is 326 g/mol. The van der Waals surface area contributed by atoms with Crippen LogP contribution in [0, 0.1) is 0 Å². The summed E-state index contributed by atoms with van der Waals surface area (Å²) in [6.07, 6.45) is 1.72. The zero-order chi connectivity index (χ0) is 17.5. The van der Waals surface area contributed by atoms with Crippen LogP contribution in [-0.4, -0.2) is 43.7 Å². The number of aryl methyl sites for hydroxylation is 2. The van der Waals surface area contributed by atoms with Crippen LogP contribution < -0.4 is 5.32 Å². The summed E-state index contributed by atoms with van der Waals surface area (Å²) < 4.78 is 1.54. The lowest BCUT2D eigenvalue weighted by Crippen LogP contribution is -2.30. The quantitative estimate of drug-likeness (QED) is 0.577. The minimum atomic E-state index is -0.0148. The molecule has 0 saturated carbocycles. The summed E-state index contributed by atoms with van der Waals surface area (Å²) in [5.41, 5.74) is 1.82. The van der Waals surface area contributed by atoms with Crippen LogP contribution in [0.3, 0.4) is 0 Å². The lowest BCUT2D eigenvalue weighted by atomic mass is 10.0. The Kier molecular flexibility index (Phi) is 6.48. The van der Waals surface area contributed by atoms with Gasteiger partial charge in [0.25, 0.3) is 0 Å². The lowest BCUT2D eigenvalue weighted by Gasteiger charge is -2.12. The number of hydrogen-bond donors (Lipinski definition) is 1. The third kappa shape index (κ3) is 5.45. The van der Waals surface area contributed by atoms with E-state index in [0.717, 1.165) is 18.4 Å². The van der Waals surface area contributed by atoms with Crippen LogP contribution in [0.1, 0.15) is 36.2 Å². The average Bonchev–Trinajstić information content (AvgIpc) is 2.95. The maximum absolute atomic E-state index is 12.2. The second-order valence-corrected chi connectivity index (χ2v) is 6.58. The van der Waals surface area contributed by atoms with E-state index >= 15 is 0 Å². The molecule has 0 spiro atoms. The topological polar surface area (TPSA) is 89.8 Å². The number of hydrogen-bond acceptors (Lipinski definition) is 6. The molecule has 1 heterocycles. The van der Waals surface area contributed by atoms with E-state index in [1.54, 1.807) is 7.05 Å². The van der Waals surface area contributed by atoms with Crippen molar-refractivity contribution in [2.45, 2.75) is 37.9 Å². The predicted molar refractivity (Wildman–Crippen MR) is 91.9 cm³/mol. The number of carbonyl (C=O) groups excluding carboxylic acids is 2. The van der Waals surface area contributed by atoms with Crippen LogP contribution in [0.25, 0.3) is 0 Å². The molecule has 128 valence electrons. The number of aromatic nitrogens is 4. The number of rotatable bonds is 8. The van der Waals surface area contributed by atoms with E-state index in [1.807, 2.05) is 31.2 Å². The van der Waals surface area contributed by atoms with Gasteiger partial charge in [0.05, 0.1) is 5.75 Å². The van der Waals surface area contributed by atoms with Gasteiger partial charge in [-0.3, -0.25) is 9.59 Å². The number of amides is 1. The highest BCUT2D eigenvalue weighted by Gasteiger charge is 2.10. The average molecular weight is 347 g/mol. The first-order valence-electron chi connectivity index (χ1n) is 7.70. The highest BCUT2D eigenvalue weighted by molar-refractivity contribution is 7.99. The summed E-state index contributed by atoms with van der Waals surface area (Å²) in [5.74, 6) is 0.327. The van der Waals surface area contributed by atoms with E-state index in [1.165, 1.54) is 23.4 Å².